The molecule has 0 aromatic heterocycles. The van der Waals surface area contributed by atoms with Crippen LogP contribution in [0, 0.1) is 53.3 Å². The van der Waals surface area contributed by atoms with Gasteiger partial charge in [0, 0.05) is 25.0 Å². The van der Waals surface area contributed by atoms with Crippen LogP contribution in [-0.4, -0.2) is 98.3 Å². The highest BCUT2D eigenvalue weighted by atomic mass is 32.2. The molecule has 87 heavy (non-hydrogen) atoms. The Morgan fingerprint density at radius 3 is 1.29 bits per heavy atom. The molecule has 2 atom stereocenters. The summed E-state index contributed by atoms with van der Waals surface area (Å²) in [6, 6.07) is 18.8. The molecule has 22 nitrogen and oxygen atoms in total. The zero-order valence-electron chi connectivity index (χ0n) is 48.3. The average molecular weight is 1240 g/mol. The van der Waals surface area contributed by atoms with Gasteiger partial charge in [0.05, 0.1) is 76.6 Å². The first kappa shape index (κ1) is 67.4. The Hall–Kier alpha value is -8.74. The Morgan fingerprint density at radius 1 is 0.529 bits per heavy atom. The van der Waals surface area contributed by atoms with Crippen molar-refractivity contribution in [2.45, 2.75) is 133 Å². The van der Waals surface area contributed by atoms with Gasteiger partial charge in [0.1, 0.15) is 66.1 Å². The van der Waals surface area contributed by atoms with Crippen LogP contribution in [0.4, 0.5) is 0 Å². The van der Waals surface area contributed by atoms with Gasteiger partial charge in [-0.05, 0) is 119 Å². The lowest BCUT2D eigenvalue weighted by molar-refractivity contribution is -0.157. The summed E-state index contributed by atoms with van der Waals surface area (Å²) in [5.41, 5.74) is 1.89. The predicted molar refractivity (Wildman–Crippen MR) is 309 cm³/mol. The minimum absolute atomic E-state index is 0.0471. The fourth-order valence-corrected chi connectivity index (χ4v) is 11.7. The van der Waals surface area contributed by atoms with Crippen LogP contribution in [0.15, 0.2) is 99.5 Å². The van der Waals surface area contributed by atoms with Gasteiger partial charge in [-0.3, -0.25) is 38.4 Å². The Morgan fingerprint density at radius 2 is 0.897 bits per heavy atom. The standard InChI is InChI=1S/C63H66N2O20S2/c1-6-50(66)78-35-38(4)80-54(70)26-24-52(68)76-30-28-40-8-20-47(21-9-40)82-59(72)42-12-16-44(17-13-42)61(74)84-49-32-37(3)56(58-57(49)86-63(87-58)46(33-64)34-65)85-62(75)45-18-14-43(15-19-45)60(73)83-48-22-10-41(11-23-48)29-31-77-53(69)25-27-55(71)81-39(5)36-79-51(67)7-2/h6-11,20-23,32,38-39,42-45H,1-2,12-19,24-31,35-36H2,3-5H3. The van der Waals surface area contributed by atoms with E-state index >= 15 is 0 Å². The zero-order valence-corrected chi connectivity index (χ0v) is 50.0. The fourth-order valence-electron chi connectivity index (χ4n) is 9.16. The fraction of sp³-hybridized carbons (Fsp3) is 0.429. The summed E-state index contributed by atoms with van der Waals surface area (Å²) in [7, 11) is 0. The number of thioether (sulfide) groups is 2. The smallest absolute Gasteiger partial charge is 0.330 e. The Kier molecular flexibility index (Phi) is 26.2. The third kappa shape index (κ3) is 21.3. The number of nitrogens with zero attached hydrogens (tertiary/aromatic N) is 2. The van der Waals surface area contributed by atoms with Crippen molar-refractivity contribution in [2.24, 2.45) is 23.7 Å². The SMILES string of the molecule is C=CC(=O)OCC(C)OC(=O)CCC(=O)OCCc1ccc(OC(=O)C2CCC(C(=O)Oc3cc(C)c(OC(=O)C4CCC(C(=O)Oc5ccc(CCOC(=O)CCC(=O)OC(C)COC(=O)C=C)cc5)CC4)c4c3SC(=C(C#N)C#N)S4)CC2)cc1. The number of nitriles is 2. The minimum Gasteiger partial charge on any atom is -0.465 e. The van der Waals surface area contributed by atoms with E-state index in [1.54, 1.807) is 75.4 Å². The second kappa shape index (κ2) is 33.8. The van der Waals surface area contributed by atoms with Gasteiger partial charge in [-0.15, -0.1) is 0 Å². The number of rotatable bonds is 28. The maximum absolute atomic E-state index is 13.8. The third-order valence-corrected chi connectivity index (χ3v) is 16.5. The maximum atomic E-state index is 13.8. The van der Waals surface area contributed by atoms with Crippen LogP contribution in [0.3, 0.4) is 0 Å². The molecule has 1 heterocycles. The highest BCUT2D eigenvalue weighted by Crippen LogP contribution is 2.60. The number of aryl methyl sites for hydroxylation is 1. The van der Waals surface area contributed by atoms with Crippen LogP contribution >= 0.6 is 23.5 Å². The van der Waals surface area contributed by atoms with Crippen molar-refractivity contribution in [3.63, 3.8) is 0 Å². The molecule has 2 aliphatic carbocycles. The summed E-state index contributed by atoms with van der Waals surface area (Å²) in [6.45, 7) is 11.1. The van der Waals surface area contributed by atoms with E-state index in [0.717, 1.165) is 46.8 Å². The van der Waals surface area contributed by atoms with Crippen molar-refractivity contribution in [2.75, 3.05) is 26.4 Å². The molecule has 2 fully saturated rings. The largest absolute Gasteiger partial charge is 0.465 e. The molecular weight excluding hydrogens is 1170 g/mol. The number of hydrogen-bond donors (Lipinski definition) is 0. The van der Waals surface area contributed by atoms with Gasteiger partial charge < -0.3 is 47.4 Å². The lowest BCUT2D eigenvalue weighted by Crippen LogP contribution is -2.31. The molecule has 6 rings (SSSR count). The number of hydrogen-bond acceptors (Lipinski definition) is 24. The minimum atomic E-state index is -0.700. The lowest BCUT2D eigenvalue weighted by Gasteiger charge is -2.27. The number of benzene rings is 3. The molecule has 0 N–H and O–H groups in total. The van der Waals surface area contributed by atoms with E-state index in [2.05, 4.69) is 13.2 Å². The predicted octanol–water partition coefficient (Wildman–Crippen LogP) is 9.14. The van der Waals surface area contributed by atoms with Gasteiger partial charge in [-0.2, -0.15) is 10.5 Å². The molecule has 24 heteroatoms. The number of ether oxygens (including phenoxy) is 10. The summed E-state index contributed by atoms with van der Waals surface area (Å²) < 4.78 is 54.1. The van der Waals surface area contributed by atoms with Crippen LogP contribution in [-0.2, 0) is 89.2 Å². The van der Waals surface area contributed by atoms with Crippen molar-refractivity contribution in [3.05, 3.63) is 106 Å². The first-order valence-corrected chi connectivity index (χ1v) is 29.8. The molecule has 0 spiro atoms. The third-order valence-electron chi connectivity index (χ3n) is 13.9. The van der Waals surface area contributed by atoms with Crippen molar-refractivity contribution in [3.8, 4) is 35.1 Å². The Balaban J connectivity index is 0.917. The molecule has 0 bridgehead atoms. The molecule has 2 saturated carbocycles. The summed E-state index contributed by atoms with van der Waals surface area (Å²) >= 11 is 2.12. The van der Waals surface area contributed by atoms with E-state index in [-0.39, 0.29) is 69.2 Å². The maximum Gasteiger partial charge on any atom is 0.330 e. The molecule has 1 aliphatic heterocycles. The second-order valence-electron chi connectivity index (χ2n) is 20.5. The van der Waals surface area contributed by atoms with E-state index in [0.29, 0.717) is 95.3 Å². The molecule has 2 unspecified atom stereocenters. The first-order valence-electron chi connectivity index (χ1n) is 28.2. The first-order chi connectivity index (χ1) is 41.7. The zero-order chi connectivity index (χ0) is 63.0. The van der Waals surface area contributed by atoms with E-state index < -0.39 is 95.6 Å². The highest BCUT2D eigenvalue weighted by Gasteiger charge is 2.38. The molecule has 3 aliphatic rings. The van der Waals surface area contributed by atoms with Crippen molar-refractivity contribution in [1.82, 2.24) is 0 Å². The van der Waals surface area contributed by atoms with E-state index in [1.807, 2.05) is 12.1 Å². The van der Waals surface area contributed by atoms with Crippen LogP contribution in [0.25, 0.3) is 0 Å². The Labute approximate surface area is 511 Å². The molecule has 0 radical (unpaired) electrons. The van der Waals surface area contributed by atoms with Gasteiger partial charge in [0.25, 0.3) is 0 Å². The van der Waals surface area contributed by atoms with Crippen LogP contribution < -0.4 is 18.9 Å². The normalized spacial score (nSPS) is 17.3. The van der Waals surface area contributed by atoms with Crippen LogP contribution in [0.1, 0.15) is 108 Å². The van der Waals surface area contributed by atoms with Crippen LogP contribution in [0.5, 0.6) is 23.0 Å². The summed E-state index contributed by atoms with van der Waals surface area (Å²) in [5, 5.41) is 19.5. The molecule has 460 valence electrons. The van der Waals surface area contributed by atoms with Gasteiger partial charge >= 0.3 is 59.7 Å². The van der Waals surface area contributed by atoms with E-state index in [1.165, 1.54) is 0 Å². The highest BCUT2D eigenvalue weighted by molar-refractivity contribution is 8.24. The van der Waals surface area contributed by atoms with Gasteiger partial charge in [-0.1, -0.05) is 60.9 Å². The second-order valence-corrected chi connectivity index (χ2v) is 22.8. The molecule has 3 aromatic rings. The van der Waals surface area contributed by atoms with Gasteiger partial charge in [0.15, 0.2) is 0 Å². The number of esters is 10. The van der Waals surface area contributed by atoms with Crippen molar-refractivity contribution >= 4 is 83.2 Å². The summed E-state index contributed by atoms with van der Waals surface area (Å²) in [4.78, 5) is 126. The molecular formula is C63H66N2O20S2. The number of fused-ring (bicyclic) bond motifs is 1. The molecule has 0 amide bonds. The average Bonchev–Trinajstić information content (AvgIpc) is 2.09. The topological polar surface area (TPSA) is 311 Å². The van der Waals surface area contributed by atoms with Crippen LogP contribution in [0.2, 0.25) is 0 Å². The number of carbonyl (C=O) groups is 10. The van der Waals surface area contributed by atoms with E-state index in [4.69, 9.17) is 47.4 Å². The number of allylic oxidation sites excluding steroid dienone is 1. The Bertz CT molecular complexity index is 3170. The number of carbonyl (C=O) groups excluding carboxylic acids is 10. The lowest BCUT2D eigenvalue weighted by atomic mass is 9.82. The van der Waals surface area contributed by atoms with E-state index in [9.17, 15) is 58.5 Å². The molecule has 0 saturated heterocycles. The van der Waals surface area contributed by atoms with Crippen molar-refractivity contribution < 1.29 is 95.3 Å². The monoisotopic (exact) mass is 1230 g/mol. The molecule has 3 aromatic carbocycles. The quantitative estimate of drug-likeness (QED) is 0.0215. The summed E-state index contributed by atoms with van der Waals surface area (Å²) in [6.07, 6.45) is 3.27. The van der Waals surface area contributed by atoms with Gasteiger partial charge in [-0.25, -0.2) is 9.59 Å². The van der Waals surface area contributed by atoms with Gasteiger partial charge in [0.2, 0.25) is 0 Å². The van der Waals surface area contributed by atoms with Crippen molar-refractivity contribution in [1.29, 1.82) is 10.5 Å². The summed E-state index contributed by atoms with van der Waals surface area (Å²) in [5.74, 6) is -6.80.